The first kappa shape index (κ1) is 14.5. The number of hydrogen-bond acceptors (Lipinski definition) is 3. The number of rotatable bonds is 3. The van der Waals surface area contributed by atoms with Crippen molar-refractivity contribution in [3.05, 3.63) is 28.2 Å². The summed E-state index contributed by atoms with van der Waals surface area (Å²) in [5, 5.41) is 5.32. The van der Waals surface area contributed by atoms with Crippen molar-refractivity contribution < 1.29 is 14.4 Å². The van der Waals surface area contributed by atoms with Gasteiger partial charge in [-0.1, -0.05) is 23.2 Å². The summed E-state index contributed by atoms with van der Waals surface area (Å²) in [6.07, 6.45) is -0.231. The van der Waals surface area contributed by atoms with Crippen molar-refractivity contribution in [1.82, 2.24) is 5.32 Å². The maximum atomic E-state index is 11.8. The molecule has 0 fully saturated rings. The summed E-state index contributed by atoms with van der Waals surface area (Å²) < 4.78 is 0. The third-order valence-electron chi connectivity index (χ3n) is 2.44. The van der Waals surface area contributed by atoms with E-state index in [1.54, 1.807) is 12.1 Å². The van der Waals surface area contributed by atoms with Crippen LogP contribution in [0.4, 0.5) is 10.5 Å². The van der Waals surface area contributed by atoms with Gasteiger partial charge in [0.2, 0.25) is 11.8 Å². The lowest BCUT2D eigenvalue weighted by atomic mass is 10.1. The second-order valence-electron chi connectivity index (χ2n) is 4.06. The quantitative estimate of drug-likeness (QED) is 0.898. The molecule has 0 saturated heterocycles. The van der Waals surface area contributed by atoms with E-state index in [9.17, 15) is 14.4 Å². The molecular formula is C12H9Cl2N3O3. The van der Waals surface area contributed by atoms with Crippen molar-refractivity contribution in [3.63, 3.8) is 0 Å². The average molecular weight is 314 g/mol. The molecule has 1 aromatic carbocycles. The minimum absolute atomic E-state index is 0.0759. The van der Waals surface area contributed by atoms with Gasteiger partial charge in [-0.2, -0.15) is 0 Å². The number of urea groups is 1. The number of nitrogens with one attached hydrogen (secondary N) is 2. The molecule has 0 aliphatic carbocycles. The Morgan fingerprint density at radius 2 is 2.10 bits per heavy atom. The molecule has 1 aliphatic rings. The molecule has 8 heteroatoms. The first-order chi connectivity index (χ1) is 9.44. The number of anilines is 1. The SMILES string of the molecule is O=C1CC(CC(=O)Nc2ccc(Cl)cc2Cl)=NC(=O)N1. The summed E-state index contributed by atoms with van der Waals surface area (Å²) in [5.41, 5.74) is 0.606. The lowest BCUT2D eigenvalue weighted by Gasteiger charge is -2.12. The van der Waals surface area contributed by atoms with Crippen molar-refractivity contribution >= 4 is 52.4 Å². The van der Waals surface area contributed by atoms with Gasteiger partial charge in [0.15, 0.2) is 0 Å². The fourth-order valence-corrected chi connectivity index (χ4v) is 2.09. The van der Waals surface area contributed by atoms with Gasteiger partial charge in [-0.05, 0) is 18.2 Å². The van der Waals surface area contributed by atoms with E-state index in [1.165, 1.54) is 6.07 Å². The zero-order valence-corrected chi connectivity index (χ0v) is 11.6. The highest BCUT2D eigenvalue weighted by atomic mass is 35.5. The number of hydrogen-bond donors (Lipinski definition) is 2. The molecule has 2 N–H and O–H groups in total. The van der Waals surface area contributed by atoms with E-state index in [2.05, 4.69) is 10.3 Å². The van der Waals surface area contributed by atoms with Gasteiger partial charge in [0.1, 0.15) is 0 Å². The monoisotopic (exact) mass is 313 g/mol. The Balaban J connectivity index is 2.02. The molecule has 1 aromatic rings. The minimum Gasteiger partial charge on any atom is -0.324 e. The highest BCUT2D eigenvalue weighted by Crippen LogP contribution is 2.25. The van der Waals surface area contributed by atoms with Gasteiger partial charge in [0.25, 0.3) is 0 Å². The summed E-state index contributed by atoms with van der Waals surface area (Å²) in [6, 6.07) is 3.88. The number of carbonyl (C=O) groups excluding carboxylic acids is 3. The van der Waals surface area contributed by atoms with Crippen LogP contribution in [0.5, 0.6) is 0 Å². The van der Waals surface area contributed by atoms with Gasteiger partial charge in [0.05, 0.1) is 23.6 Å². The Hall–Kier alpha value is -1.92. The normalized spacial score (nSPS) is 14.6. The van der Waals surface area contributed by atoms with Crippen molar-refractivity contribution in [2.75, 3.05) is 5.32 Å². The Bertz CT molecular complexity index is 628. The predicted molar refractivity (Wildman–Crippen MR) is 75.3 cm³/mol. The van der Waals surface area contributed by atoms with Crippen LogP contribution in [0.1, 0.15) is 12.8 Å². The standard InChI is InChI=1S/C12H9Cl2N3O3/c13-6-1-2-9(8(14)3-6)16-10(18)4-7-5-11(19)17-12(20)15-7/h1-3H,4-5H2,(H,16,18)(H,17,19,20). The van der Waals surface area contributed by atoms with E-state index in [1.807, 2.05) is 5.32 Å². The first-order valence-electron chi connectivity index (χ1n) is 5.59. The van der Waals surface area contributed by atoms with Crippen LogP contribution in [0.3, 0.4) is 0 Å². The largest absolute Gasteiger partial charge is 0.347 e. The van der Waals surface area contributed by atoms with Gasteiger partial charge in [0, 0.05) is 10.7 Å². The number of benzene rings is 1. The molecule has 0 saturated carbocycles. The van der Waals surface area contributed by atoms with E-state index < -0.39 is 17.8 Å². The number of imide groups is 1. The van der Waals surface area contributed by atoms with Crippen LogP contribution in [0.2, 0.25) is 10.0 Å². The van der Waals surface area contributed by atoms with Crippen LogP contribution in [0.25, 0.3) is 0 Å². The number of carbonyl (C=O) groups is 3. The highest BCUT2D eigenvalue weighted by molar-refractivity contribution is 6.36. The van der Waals surface area contributed by atoms with Gasteiger partial charge in [-0.3, -0.25) is 14.9 Å². The zero-order valence-electron chi connectivity index (χ0n) is 10.1. The third kappa shape index (κ3) is 3.79. The number of amides is 4. The molecule has 104 valence electrons. The summed E-state index contributed by atoms with van der Waals surface area (Å²) in [6.45, 7) is 0. The topological polar surface area (TPSA) is 87.6 Å². The molecule has 1 aliphatic heterocycles. The van der Waals surface area contributed by atoms with Crippen molar-refractivity contribution in [1.29, 1.82) is 0 Å². The van der Waals surface area contributed by atoms with Gasteiger partial charge in [-0.15, -0.1) is 0 Å². The fourth-order valence-electron chi connectivity index (χ4n) is 1.63. The molecule has 0 aromatic heterocycles. The molecule has 6 nitrogen and oxygen atoms in total. The third-order valence-corrected chi connectivity index (χ3v) is 2.99. The van der Waals surface area contributed by atoms with Crippen molar-refractivity contribution in [2.24, 2.45) is 4.99 Å². The molecule has 0 atom stereocenters. The summed E-state index contributed by atoms with van der Waals surface area (Å²) in [7, 11) is 0. The second kappa shape index (κ2) is 6.02. The molecule has 1 heterocycles. The smallest absolute Gasteiger partial charge is 0.324 e. The molecule has 20 heavy (non-hydrogen) atoms. The van der Waals surface area contributed by atoms with E-state index in [-0.39, 0.29) is 18.6 Å². The van der Waals surface area contributed by atoms with Crippen molar-refractivity contribution in [3.8, 4) is 0 Å². The zero-order chi connectivity index (χ0) is 14.7. The van der Waals surface area contributed by atoms with E-state index in [0.29, 0.717) is 15.7 Å². The van der Waals surface area contributed by atoms with E-state index in [4.69, 9.17) is 23.2 Å². The van der Waals surface area contributed by atoms with Crippen LogP contribution in [-0.4, -0.2) is 23.6 Å². The molecule has 0 spiro atoms. The average Bonchev–Trinajstić information content (AvgIpc) is 2.31. The molecule has 4 amide bonds. The van der Waals surface area contributed by atoms with Crippen molar-refractivity contribution in [2.45, 2.75) is 12.8 Å². The molecule has 0 radical (unpaired) electrons. The van der Waals surface area contributed by atoms with Crippen LogP contribution < -0.4 is 10.6 Å². The lowest BCUT2D eigenvalue weighted by Crippen LogP contribution is -2.36. The number of aliphatic imine (C=N–C) groups is 1. The Labute approximate surface area is 124 Å². The molecular weight excluding hydrogens is 305 g/mol. The molecule has 0 bridgehead atoms. The summed E-state index contributed by atoms with van der Waals surface area (Å²) >= 11 is 11.7. The molecule has 0 unspecified atom stereocenters. The van der Waals surface area contributed by atoms with Crippen LogP contribution >= 0.6 is 23.2 Å². The fraction of sp³-hybridized carbons (Fsp3) is 0.167. The van der Waals surface area contributed by atoms with Crippen LogP contribution in [-0.2, 0) is 9.59 Å². The van der Waals surface area contributed by atoms with Gasteiger partial charge in [-0.25, -0.2) is 9.79 Å². The van der Waals surface area contributed by atoms with E-state index in [0.717, 1.165) is 0 Å². The van der Waals surface area contributed by atoms with Gasteiger partial charge < -0.3 is 5.32 Å². The number of halogens is 2. The Morgan fingerprint density at radius 3 is 2.75 bits per heavy atom. The maximum absolute atomic E-state index is 11.8. The van der Waals surface area contributed by atoms with Gasteiger partial charge >= 0.3 is 6.03 Å². The summed E-state index contributed by atoms with van der Waals surface area (Å²) in [5.74, 6) is -0.896. The van der Waals surface area contributed by atoms with Crippen LogP contribution in [0.15, 0.2) is 23.2 Å². The Morgan fingerprint density at radius 1 is 1.35 bits per heavy atom. The molecule has 2 rings (SSSR count). The maximum Gasteiger partial charge on any atom is 0.347 e. The second-order valence-corrected chi connectivity index (χ2v) is 4.90. The Kier molecular flexibility index (Phi) is 4.36. The lowest BCUT2D eigenvalue weighted by molar-refractivity contribution is -0.118. The minimum atomic E-state index is -0.756. The predicted octanol–water partition coefficient (Wildman–Crippen LogP) is 2.40. The van der Waals surface area contributed by atoms with Crippen LogP contribution in [0, 0.1) is 0 Å². The first-order valence-corrected chi connectivity index (χ1v) is 6.35. The highest BCUT2D eigenvalue weighted by Gasteiger charge is 2.20. The number of nitrogens with zero attached hydrogens (tertiary/aromatic N) is 1. The summed E-state index contributed by atoms with van der Waals surface area (Å²) in [4.78, 5) is 37.5. The van der Waals surface area contributed by atoms with E-state index >= 15 is 0 Å².